The highest BCUT2D eigenvalue weighted by atomic mass is 127. The zero-order chi connectivity index (χ0) is 12.3. The van der Waals surface area contributed by atoms with Gasteiger partial charge in [0, 0.05) is 9.26 Å². The van der Waals surface area contributed by atoms with Crippen LogP contribution in [0.2, 0.25) is 0 Å². The molecule has 2 rings (SSSR count). The number of halogens is 1. The second kappa shape index (κ2) is 5.13. The summed E-state index contributed by atoms with van der Waals surface area (Å²) in [6.45, 7) is 0. The minimum atomic E-state index is -1.02. The number of benzene rings is 1. The molecule has 86 valence electrons. The zero-order valence-corrected chi connectivity index (χ0v) is 10.9. The summed E-state index contributed by atoms with van der Waals surface area (Å²) in [6, 6.07) is 11.0. The highest BCUT2D eigenvalue weighted by molar-refractivity contribution is 14.1. The van der Waals surface area contributed by atoms with Crippen molar-refractivity contribution in [3.05, 3.63) is 51.9 Å². The van der Waals surface area contributed by atoms with Crippen LogP contribution >= 0.6 is 22.6 Å². The van der Waals surface area contributed by atoms with Crippen molar-refractivity contribution in [2.24, 2.45) is 0 Å². The first-order chi connectivity index (χ1) is 8.15. The van der Waals surface area contributed by atoms with Crippen molar-refractivity contribution in [3.63, 3.8) is 0 Å². The lowest BCUT2D eigenvalue weighted by Crippen LogP contribution is -2.00. The van der Waals surface area contributed by atoms with Crippen LogP contribution in [-0.4, -0.2) is 16.1 Å². The van der Waals surface area contributed by atoms with Crippen LogP contribution in [0.25, 0.3) is 0 Å². The van der Waals surface area contributed by atoms with Crippen LogP contribution in [0, 0.1) is 3.57 Å². The molecule has 0 bridgehead atoms. The SMILES string of the molecule is O=C(O)c1ccc(Nc2cccc(I)c2)cn1. The third-order valence-electron chi connectivity index (χ3n) is 2.10. The zero-order valence-electron chi connectivity index (χ0n) is 8.72. The molecule has 0 saturated heterocycles. The van der Waals surface area contributed by atoms with Gasteiger partial charge in [-0.15, -0.1) is 0 Å². The maximum absolute atomic E-state index is 10.6. The molecule has 0 aliphatic rings. The van der Waals surface area contributed by atoms with Gasteiger partial charge in [0.1, 0.15) is 5.69 Å². The lowest BCUT2D eigenvalue weighted by Gasteiger charge is -2.06. The van der Waals surface area contributed by atoms with Gasteiger partial charge in [0.15, 0.2) is 0 Å². The maximum atomic E-state index is 10.6. The van der Waals surface area contributed by atoms with Gasteiger partial charge in [-0.3, -0.25) is 0 Å². The van der Waals surface area contributed by atoms with E-state index < -0.39 is 5.97 Å². The molecule has 0 amide bonds. The van der Waals surface area contributed by atoms with Crippen LogP contribution in [0.1, 0.15) is 10.5 Å². The van der Waals surface area contributed by atoms with Gasteiger partial charge < -0.3 is 10.4 Å². The third kappa shape index (κ3) is 3.16. The molecule has 1 aromatic heterocycles. The highest BCUT2D eigenvalue weighted by Gasteiger charge is 2.03. The van der Waals surface area contributed by atoms with E-state index in [9.17, 15) is 4.79 Å². The first kappa shape index (κ1) is 11.8. The van der Waals surface area contributed by atoms with Crippen molar-refractivity contribution in [1.29, 1.82) is 0 Å². The van der Waals surface area contributed by atoms with Gasteiger partial charge in [0.05, 0.1) is 11.9 Å². The molecule has 17 heavy (non-hydrogen) atoms. The topological polar surface area (TPSA) is 62.2 Å². The molecule has 4 nitrogen and oxygen atoms in total. The van der Waals surface area contributed by atoms with Crippen LogP contribution in [0.4, 0.5) is 11.4 Å². The maximum Gasteiger partial charge on any atom is 0.354 e. The number of aromatic carboxylic acids is 1. The van der Waals surface area contributed by atoms with E-state index in [1.165, 1.54) is 12.3 Å². The molecular formula is C12H9IN2O2. The van der Waals surface area contributed by atoms with Crippen molar-refractivity contribution in [3.8, 4) is 0 Å². The van der Waals surface area contributed by atoms with Gasteiger partial charge in [0.2, 0.25) is 0 Å². The number of hydrogen-bond donors (Lipinski definition) is 2. The number of anilines is 2. The van der Waals surface area contributed by atoms with E-state index in [4.69, 9.17) is 5.11 Å². The van der Waals surface area contributed by atoms with E-state index in [1.54, 1.807) is 6.07 Å². The number of nitrogens with one attached hydrogen (secondary N) is 1. The quantitative estimate of drug-likeness (QED) is 0.843. The summed E-state index contributed by atoms with van der Waals surface area (Å²) in [5, 5.41) is 11.9. The number of pyridine rings is 1. The second-order valence-corrected chi connectivity index (χ2v) is 4.62. The molecule has 0 spiro atoms. The summed E-state index contributed by atoms with van der Waals surface area (Å²) >= 11 is 2.23. The van der Waals surface area contributed by atoms with Crippen molar-refractivity contribution in [2.75, 3.05) is 5.32 Å². The number of carbonyl (C=O) groups is 1. The normalized spacial score (nSPS) is 9.94. The molecule has 0 fully saturated rings. The average molecular weight is 340 g/mol. The fraction of sp³-hybridized carbons (Fsp3) is 0. The van der Waals surface area contributed by atoms with Crippen molar-refractivity contribution < 1.29 is 9.90 Å². The van der Waals surface area contributed by atoms with E-state index in [0.717, 1.165) is 14.9 Å². The largest absolute Gasteiger partial charge is 0.477 e. The molecule has 1 heterocycles. The lowest BCUT2D eigenvalue weighted by atomic mass is 10.3. The van der Waals surface area contributed by atoms with Crippen molar-refractivity contribution in [1.82, 2.24) is 4.98 Å². The van der Waals surface area contributed by atoms with Gasteiger partial charge in [-0.05, 0) is 52.9 Å². The van der Waals surface area contributed by atoms with Crippen LogP contribution in [0.5, 0.6) is 0 Å². The van der Waals surface area contributed by atoms with Gasteiger partial charge in [-0.2, -0.15) is 0 Å². The van der Waals surface area contributed by atoms with Gasteiger partial charge in [0.25, 0.3) is 0 Å². The monoisotopic (exact) mass is 340 g/mol. The Morgan fingerprint density at radius 3 is 2.65 bits per heavy atom. The van der Waals surface area contributed by atoms with Crippen LogP contribution < -0.4 is 5.32 Å². The van der Waals surface area contributed by atoms with Crippen LogP contribution in [0.15, 0.2) is 42.6 Å². The smallest absolute Gasteiger partial charge is 0.354 e. The Bertz CT molecular complexity index is 540. The van der Waals surface area contributed by atoms with Crippen molar-refractivity contribution >= 4 is 39.9 Å². The van der Waals surface area contributed by atoms with Gasteiger partial charge >= 0.3 is 5.97 Å². The second-order valence-electron chi connectivity index (χ2n) is 3.37. The molecule has 5 heteroatoms. The number of aromatic nitrogens is 1. The molecule has 1 aromatic carbocycles. The minimum Gasteiger partial charge on any atom is -0.477 e. The summed E-state index contributed by atoms with van der Waals surface area (Å²) in [6.07, 6.45) is 1.50. The minimum absolute atomic E-state index is 0.0400. The Balaban J connectivity index is 2.16. The van der Waals surface area contributed by atoms with E-state index in [0.29, 0.717) is 0 Å². The summed E-state index contributed by atoms with van der Waals surface area (Å²) in [4.78, 5) is 14.5. The summed E-state index contributed by atoms with van der Waals surface area (Å²) in [5.74, 6) is -1.02. The number of carboxylic acids is 1. The Morgan fingerprint density at radius 2 is 2.06 bits per heavy atom. The van der Waals surface area contributed by atoms with Crippen LogP contribution in [-0.2, 0) is 0 Å². The Labute approximate surface area is 112 Å². The molecule has 0 radical (unpaired) electrons. The average Bonchev–Trinajstić information content (AvgIpc) is 2.29. The number of rotatable bonds is 3. The predicted molar refractivity (Wildman–Crippen MR) is 73.6 cm³/mol. The molecular weight excluding hydrogens is 331 g/mol. The Hall–Kier alpha value is -1.63. The molecule has 0 aliphatic carbocycles. The standard InChI is InChI=1S/C12H9IN2O2/c13-8-2-1-3-9(6-8)15-10-4-5-11(12(16)17)14-7-10/h1-7,15H,(H,16,17). The van der Waals surface area contributed by atoms with E-state index >= 15 is 0 Å². The summed E-state index contributed by atoms with van der Waals surface area (Å²) < 4.78 is 1.13. The molecule has 0 aliphatic heterocycles. The predicted octanol–water partition coefficient (Wildman–Crippen LogP) is 3.13. The fourth-order valence-corrected chi connectivity index (χ4v) is 1.87. The molecule has 2 N–H and O–H groups in total. The summed E-state index contributed by atoms with van der Waals surface area (Å²) in [5.41, 5.74) is 1.75. The first-order valence-corrected chi connectivity index (χ1v) is 5.95. The number of nitrogens with zero attached hydrogens (tertiary/aromatic N) is 1. The molecule has 0 unspecified atom stereocenters. The van der Waals surface area contributed by atoms with Gasteiger partial charge in [-0.1, -0.05) is 6.07 Å². The highest BCUT2D eigenvalue weighted by Crippen LogP contribution is 2.18. The lowest BCUT2D eigenvalue weighted by molar-refractivity contribution is 0.0690. The number of hydrogen-bond acceptors (Lipinski definition) is 3. The number of carboxylic acid groups (broad SMARTS) is 1. The first-order valence-electron chi connectivity index (χ1n) is 4.87. The summed E-state index contributed by atoms with van der Waals surface area (Å²) in [7, 11) is 0. The van der Waals surface area contributed by atoms with Crippen molar-refractivity contribution in [2.45, 2.75) is 0 Å². The van der Waals surface area contributed by atoms with Crippen LogP contribution in [0.3, 0.4) is 0 Å². The van der Waals surface area contributed by atoms with E-state index in [2.05, 4.69) is 32.9 Å². The van der Waals surface area contributed by atoms with E-state index in [1.807, 2.05) is 24.3 Å². The van der Waals surface area contributed by atoms with E-state index in [-0.39, 0.29) is 5.69 Å². The molecule has 0 saturated carbocycles. The molecule has 0 atom stereocenters. The molecule has 2 aromatic rings. The third-order valence-corrected chi connectivity index (χ3v) is 2.77. The van der Waals surface area contributed by atoms with Gasteiger partial charge in [-0.25, -0.2) is 9.78 Å². The fourth-order valence-electron chi connectivity index (χ4n) is 1.33. The Morgan fingerprint density at radius 1 is 1.24 bits per heavy atom. The Kier molecular flexibility index (Phi) is 3.58.